The molecular formula is C33H66O6. The average molecular weight is 559 g/mol. The van der Waals surface area contributed by atoms with Crippen LogP contribution in [0.1, 0.15) is 143 Å². The minimum atomic E-state index is -0.0889. The van der Waals surface area contributed by atoms with Crippen LogP contribution in [0.2, 0.25) is 0 Å². The first-order valence-electron chi connectivity index (χ1n) is 16.7. The van der Waals surface area contributed by atoms with Crippen molar-refractivity contribution in [1.29, 1.82) is 0 Å². The highest BCUT2D eigenvalue weighted by Crippen LogP contribution is 2.19. The highest BCUT2D eigenvalue weighted by atomic mass is 16.6. The summed E-state index contributed by atoms with van der Waals surface area (Å²) in [4.78, 5) is 12.2. The van der Waals surface area contributed by atoms with Gasteiger partial charge in [0.25, 0.3) is 0 Å². The summed E-state index contributed by atoms with van der Waals surface area (Å²) in [5.41, 5.74) is 0. The molecule has 6 nitrogen and oxygen atoms in total. The van der Waals surface area contributed by atoms with Gasteiger partial charge in [0.2, 0.25) is 0 Å². The topological polar surface area (TPSA) is 63.2 Å². The van der Waals surface area contributed by atoms with E-state index in [9.17, 15) is 4.79 Å². The van der Waals surface area contributed by atoms with Gasteiger partial charge in [0.1, 0.15) is 0 Å². The number of esters is 1. The van der Waals surface area contributed by atoms with E-state index in [4.69, 9.17) is 23.7 Å². The average Bonchev–Trinajstić information content (AvgIpc) is 2.94. The van der Waals surface area contributed by atoms with Gasteiger partial charge in [0, 0.05) is 19.6 Å². The van der Waals surface area contributed by atoms with Crippen LogP contribution in [0.25, 0.3) is 0 Å². The highest BCUT2D eigenvalue weighted by Gasteiger charge is 2.12. The molecule has 1 unspecified atom stereocenters. The Labute approximate surface area is 242 Å². The number of carbonyl (C=O) groups excluding carboxylic acids is 1. The van der Waals surface area contributed by atoms with Crippen molar-refractivity contribution in [3.8, 4) is 0 Å². The molecule has 0 aromatic rings. The molecule has 6 heteroatoms. The normalized spacial score (nSPS) is 12.2. The second-order valence-electron chi connectivity index (χ2n) is 10.9. The van der Waals surface area contributed by atoms with E-state index < -0.39 is 0 Å². The zero-order chi connectivity index (χ0) is 28.5. The molecule has 0 bridgehead atoms. The van der Waals surface area contributed by atoms with Crippen LogP contribution in [0.5, 0.6) is 0 Å². The van der Waals surface area contributed by atoms with Crippen molar-refractivity contribution in [2.45, 2.75) is 143 Å². The first kappa shape index (κ1) is 38.3. The Hall–Kier alpha value is -0.690. The van der Waals surface area contributed by atoms with Crippen LogP contribution in [0.4, 0.5) is 0 Å². The van der Waals surface area contributed by atoms with Crippen molar-refractivity contribution in [2.24, 2.45) is 5.92 Å². The Morgan fingerprint density at radius 1 is 0.462 bits per heavy atom. The van der Waals surface area contributed by atoms with Gasteiger partial charge in [-0.15, -0.1) is 0 Å². The molecule has 0 N–H and O–H groups in total. The van der Waals surface area contributed by atoms with E-state index in [1.165, 1.54) is 103 Å². The van der Waals surface area contributed by atoms with Gasteiger partial charge in [-0.1, -0.05) is 111 Å². The molecule has 0 saturated heterocycles. The molecule has 0 fully saturated rings. The van der Waals surface area contributed by atoms with Crippen molar-refractivity contribution in [3.63, 3.8) is 0 Å². The highest BCUT2D eigenvalue weighted by molar-refractivity contribution is 5.69. The van der Waals surface area contributed by atoms with Gasteiger partial charge in [-0.05, 0) is 31.6 Å². The Balaban J connectivity index is 3.59. The van der Waals surface area contributed by atoms with Crippen molar-refractivity contribution in [1.82, 2.24) is 0 Å². The van der Waals surface area contributed by atoms with Gasteiger partial charge in [0.05, 0.1) is 46.2 Å². The maximum Gasteiger partial charge on any atom is 0.305 e. The standard InChI is InChI=1S/C33H66O6/c1-4-7-10-13-14-17-21-32(20-16-12-9-6-3)31-39-33(34)22-19-24-36-26-28-38-30-29-37-27-25-35-23-18-15-11-8-5-2/h32H,4-31H2,1-3H3. The van der Waals surface area contributed by atoms with Gasteiger partial charge in [-0.3, -0.25) is 4.79 Å². The Morgan fingerprint density at radius 2 is 0.846 bits per heavy atom. The fraction of sp³-hybridized carbons (Fsp3) is 0.970. The van der Waals surface area contributed by atoms with Crippen LogP contribution >= 0.6 is 0 Å². The third kappa shape index (κ3) is 31.7. The quantitative estimate of drug-likeness (QED) is 0.0593. The monoisotopic (exact) mass is 558 g/mol. The van der Waals surface area contributed by atoms with Crippen LogP contribution in [0, 0.1) is 5.92 Å². The SMILES string of the molecule is CCCCCCCCC(CCCCCC)COC(=O)CCCOCCOCCOCCOCCCCCCC. The molecule has 0 aliphatic rings. The van der Waals surface area contributed by atoms with Crippen LogP contribution < -0.4 is 0 Å². The van der Waals surface area contributed by atoms with Crippen LogP contribution in [0.3, 0.4) is 0 Å². The number of carbonyl (C=O) groups is 1. The Bertz CT molecular complexity index is 473. The predicted octanol–water partition coefficient (Wildman–Crippen LogP) is 8.68. The zero-order valence-electron chi connectivity index (χ0n) is 26.3. The van der Waals surface area contributed by atoms with Crippen molar-refractivity contribution >= 4 is 5.97 Å². The number of rotatable bonds is 33. The number of hydrogen-bond acceptors (Lipinski definition) is 6. The van der Waals surface area contributed by atoms with Crippen LogP contribution in [-0.4, -0.2) is 65.4 Å². The summed E-state index contributed by atoms with van der Waals surface area (Å²) in [6.07, 6.45) is 22.8. The molecule has 1 atom stereocenters. The lowest BCUT2D eigenvalue weighted by molar-refractivity contribution is -0.145. The second-order valence-corrected chi connectivity index (χ2v) is 10.9. The molecule has 0 rings (SSSR count). The molecule has 234 valence electrons. The largest absolute Gasteiger partial charge is 0.465 e. The van der Waals surface area contributed by atoms with Gasteiger partial charge in [-0.2, -0.15) is 0 Å². The maximum atomic E-state index is 12.2. The smallest absolute Gasteiger partial charge is 0.305 e. The van der Waals surface area contributed by atoms with E-state index in [2.05, 4.69) is 20.8 Å². The van der Waals surface area contributed by atoms with Gasteiger partial charge in [0.15, 0.2) is 0 Å². The Kier molecular flexibility index (Phi) is 32.9. The lowest BCUT2D eigenvalue weighted by Crippen LogP contribution is -2.15. The molecule has 0 spiro atoms. The first-order chi connectivity index (χ1) is 19.2. The summed E-state index contributed by atoms with van der Waals surface area (Å²) in [6, 6.07) is 0. The van der Waals surface area contributed by atoms with Crippen molar-refractivity contribution in [2.75, 3.05) is 59.5 Å². The summed E-state index contributed by atoms with van der Waals surface area (Å²) in [7, 11) is 0. The minimum absolute atomic E-state index is 0.0889. The molecule has 0 aliphatic carbocycles. The Morgan fingerprint density at radius 3 is 1.36 bits per heavy atom. The predicted molar refractivity (Wildman–Crippen MR) is 162 cm³/mol. The third-order valence-corrected chi connectivity index (χ3v) is 7.09. The lowest BCUT2D eigenvalue weighted by Gasteiger charge is -2.17. The van der Waals surface area contributed by atoms with E-state index >= 15 is 0 Å². The summed E-state index contributed by atoms with van der Waals surface area (Å²) >= 11 is 0. The molecule has 0 heterocycles. The molecule has 0 radical (unpaired) electrons. The van der Waals surface area contributed by atoms with Gasteiger partial charge in [-0.25, -0.2) is 0 Å². The molecule has 39 heavy (non-hydrogen) atoms. The fourth-order valence-corrected chi connectivity index (χ4v) is 4.56. The number of hydrogen-bond donors (Lipinski definition) is 0. The zero-order valence-corrected chi connectivity index (χ0v) is 26.3. The van der Waals surface area contributed by atoms with E-state index in [1.54, 1.807) is 0 Å². The van der Waals surface area contributed by atoms with Crippen LogP contribution in [-0.2, 0) is 28.5 Å². The molecule has 0 saturated carbocycles. The van der Waals surface area contributed by atoms with Crippen LogP contribution in [0.15, 0.2) is 0 Å². The second kappa shape index (κ2) is 33.5. The van der Waals surface area contributed by atoms with E-state index in [0.717, 1.165) is 13.0 Å². The molecule has 0 aromatic heterocycles. The summed E-state index contributed by atoms with van der Waals surface area (Å²) < 4.78 is 27.9. The van der Waals surface area contributed by atoms with E-state index in [0.29, 0.717) is 71.6 Å². The number of unbranched alkanes of at least 4 members (excludes halogenated alkanes) is 12. The van der Waals surface area contributed by atoms with Gasteiger partial charge >= 0.3 is 5.97 Å². The fourth-order valence-electron chi connectivity index (χ4n) is 4.56. The van der Waals surface area contributed by atoms with Gasteiger partial charge < -0.3 is 23.7 Å². The summed E-state index contributed by atoms with van der Waals surface area (Å²) in [6.45, 7) is 12.2. The maximum absolute atomic E-state index is 12.2. The first-order valence-corrected chi connectivity index (χ1v) is 16.7. The van der Waals surface area contributed by atoms with Crippen molar-refractivity contribution < 1.29 is 28.5 Å². The molecule has 0 aromatic carbocycles. The third-order valence-electron chi connectivity index (χ3n) is 7.09. The molecular weight excluding hydrogens is 492 g/mol. The summed E-state index contributed by atoms with van der Waals surface area (Å²) in [5.74, 6) is 0.427. The van der Waals surface area contributed by atoms with E-state index in [-0.39, 0.29) is 5.97 Å². The van der Waals surface area contributed by atoms with E-state index in [1.807, 2.05) is 0 Å². The van der Waals surface area contributed by atoms with Crippen molar-refractivity contribution in [3.05, 3.63) is 0 Å². The summed E-state index contributed by atoms with van der Waals surface area (Å²) in [5, 5.41) is 0. The lowest BCUT2D eigenvalue weighted by atomic mass is 9.95. The molecule has 0 aliphatic heterocycles. The molecule has 0 amide bonds. The number of ether oxygens (including phenoxy) is 5. The minimum Gasteiger partial charge on any atom is -0.465 e.